The molecule has 3 N–H and O–H groups in total. The van der Waals surface area contributed by atoms with Crippen LogP contribution in [-0.4, -0.2) is 16.2 Å². The lowest BCUT2D eigenvalue weighted by Gasteiger charge is -2.17. The average molecular weight is 271 g/mol. The Morgan fingerprint density at radius 1 is 1.47 bits per heavy atom. The first-order valence-electron chi connectivity index (χ1n) is 4.14. The van der Waals surface area contributed by atoms with Crippen LogP contribution in [-0.2, 0) is 0 Å². The number of nitrogens with two attached hydrogens (primary N) is 1. The van der Waals surface area contributed by atoms with Crippen LogP contribution in [0.3, 0.4) is 0 Å². The van der Waals surface area contributed by atoms with E-state index in [9.17, 15) is 28.4 Å². The summed E-state index contributed by atoms with van der Waals surface area (Å²) in [6.45, 7) is 0. The summed E-state index contributed by atoms with van der Waals surface area (Å²) in [4.78, 5) is 9.47. The molecule has 9 heteroatoms. The predicted molar refractivity (Wildman–Crippen MR) is 52.8 cm³/mol. The number of nitro benzene ring substituents is 1. The molecule has 0 aliphatic carbocycles. The Labute approximate surface area is 97.7 Å². The zero-order valence-electron chi connectivity index (χ0n) is 8.03. The normalized spacial score (nSPS) is 13.5. The van der Waals surface area contributed by atoms with Gasteiger partial charge < -0.3 is 10.8 Å². The molecule has 0 bridgehead atoms. The van der Waals surface area contributed by atoms with Gasteiger partial charge in [0, 0.05) is 6.07 Å². The minimum Gasteiger partial charge on any atom is -0.506 e. The van der Waals surface area contributed by atoms with Crippen molar-refractivity contribution in [3.05, 3.63) is 32.8 Å². The van der Waals surface area contributed by atoms with Crippen LogP contribution >= 0.6 is 11.6 Å². The second-order valence-corrected chi connectivity index (χ2v) is 3.51. The summed E-state index contributed by atoms with van der Waals surface area (Å²) in [6, 6.07) is -1.01. The molecule has 0 radical (unpaired) electrons. The highest BCUT2D eigenvalue weighted by Gasteiger charge is 2.43. The molecular formula is C8H6ClF3N2O3. The molecule has 1 aromatic rings. The summed E-state index contributed by atoms with van der Waals surface area (Å²) in [5.41, 5.74) is 2.85. The Morgan fingerprint density at radius 2 is 2.00 bits per heavy atom. The fourth-order valence-corrected chi connectivity index (χ4v) is 1.37. The molecule has 0 saturated heterocycles. The summed E-state index contributed by atoms with van der Waals surface area (Å²) in [6.07, 6.45) is -4.92. The van der Waals surface area contributed by atoms with Crippen LogP contribution in [0.2, 0.25) is 5.02 Å². The SMILES string of the molecule is N[C@H](c1c([N+](=O)[O-])ccc(Cl)c1O)C(F)(F)F. The standard InChI is InChI=1S/C8H6ClF3N2O3/c9-3-1-2-4(14(16)17)5(6(3)15)7(13)8(10,11)12/h1-2,7,15H,13H2/t7-/m1/s1. The van der Waals surface area contributed by atoms with Crippen molar-refractivity contribution >= 4 is 17.3 Å². The second-order valence-electron chi connectivity index (χ2n) is 3.11. The van der Waals surface area contributed by atoms with Crippen LogP contribution in [0.5, 0.6) is 5.75 Å². The predicted octanol–water partition coefficient (Wildman–Crippen LogP) is 2.52. The van der Waals surface area contributed by atoms with Gasteiger partial charge >= 0.3 is 6.18 Å². The minimum absolute atomic E-state index is 0.440. The highest BCUT2D eigenvalue weighted by molar-refractivity contribution is 6.32. The highest BCUT2D eigenvalue weighted by atomic mass is 35.5. The monoisotopic (exact) mass is 270 g/mol. The van der Waals surface area contributed by atoms with Gasteiger partial charge in [-0.2, -0.15) is 13.2 Å². The van der Waals surface area contributed by atoms with E-state index in [-0.39, 0.29) is 0 Å². The second kappa shape index (κ2) is 4.38. The van der Waals surface area contributed by atoms with E-state index in [1.54, 1.807) is 0 Å². The molecule has 0 saturated carbocycles. The summed E-state index contributed by atoms with van der Waals surface area (Å²) in [5.74, 6) is -1.04. The highest BCUT2D eigenvalue weighted by Crippen LogP contribution is 2.43. The van der Waals surface area contributed by atoms with Gasteiger partial charge in [-0.05, 0) is 6.07 Å². The van der Waals surface area contributed by atoms with Crippen LogP contribution in [0, 0.1) is 10.1 Å². The number of rotatable bonds is 2. The van der Waals surface area contributed by atoms with E-state index in [2.05, 4.69) is 0 Å². The van der Waals surface area contributed by atoms with Gasteiger partial charge in [0.1, 0.15) is 11.8 Å². The van der Waals surface area contributed by atoms with Crippen LogP contribution in [0.15, 0.2) is 12.1 Å². The van der Waals surface area contributed by atoms with Crippen LogP contribution in [0.25, 0.3) is 0 Å². The molecule has 0 unspecified atom stereocenters. The van der Waals surface area contributed by atoms with E-state index in [4.69, 9.17) is 17.3 Å². The van der Waals surface area contributed by atoms with Gasteiger partial charge in [-0.3, -0.25) is 10.1 Å². The molecule has 1 atom stereocenters. The molecule has 1 aromatic carbocycles. The molecule has 17 heavy (non-hydrogen) atoms. The van der Waals surface area contributed by atoms with Gasteiger partial charge in [-0.1, -0.05) is 11.6 Å². The van der Waals surface area contributed by atoms with Crippen molar-refractivity contribution in [3.63, 3.8) is 0 Å². The third kappa shape index (κ3) is 2.59. The minimum atomic E-state index is -4.92. The molecule has 0 aromatic heterocycles. The average Bonchev–Trinajstić information content (AvgIpc) is 2.19. The first kappa shape index (κ1) is 13.5. The zero-order chi connectivity index (χ0) is 13.4. The molecule has 0 heterocycles. The van der Waals surface area contributed by atoms with Gasteiger partial charge in [-0.15, -0.1) is 0 Å². The molecule has 0 aliphatic rings. The van der Waals surface area contributed by atoms with Gasteiger partial charge in [0.05, 0.1) is 15.5 Å². The molecular weight excluding hydrogens is 265 g/mol. The number of halogens is 4. The molecule has 0 fully saturated rings. The number of hydrogen-bond donors (Lipinski definition) is 2. The maximum Gasteiger partial charge on any atom is 0.408 e. The Morgan fingerprint density at radius 3 is 2.41 bits per heavy atom. The van der Waals surface area contributed by atoms with Crippen LogP contribution in [0.1, 0.15) is 11.6 Å². The Hall–Kier alpha value is -1.54. The fourth-order valence-electron chi connectivity index (χ4n) is 1.20. The fraction of sp³-hybridized carbons (Fsp3) is 0.250. The lowest BCUT2D eigenvalue weighted by molar-refractivity contribution is -0.386. The van der Waals surface area contributed by atoms with Crippen molar-refractivity contribution in [2.24, 2.45) is 5.73 Å². The third-order valence-electron chi connectivity index (χ3n) is 2.01. The van der Waals surface area contributed by atoms with Crippen LogP contribution in [0.4, 0.5) is 18.9 Å². The third-order valence-corrected chi connectivity index (χ3v) is 2.31. The maximum atomic E-state index is 12.4. The number of alkyl halides is 3. The van der Waals surface area contributed by atoms with Crippen molar-refractivity contribution in [2.45, 2.75) is 12.2 Å². The van der Waals surface area contributed by atoms with E-state index in [0.717, 1.165) is 12.1 Å². The van der Waals surface area contributed by atoms with E-state index in [1.807, 2.05) is 0 Å². The van der Waals surface area contributed by atoms with Crippen molar-refractivity contribution in [3.8, 4) is 5.75 Å². The van der Waals surface area contributed by atoms with E-state index < -0.39 is 39.2 Å². The maximum absolute atomic E-state index is 12.4. The van der Waals surface area contributed by atoms with Crippen molar-refractivity contribution in [1.29, 1.82) is 0 Å². The lowest BCUT2D eigenvalue weighted by Crippen LogP contribution is -2.29. The topological polar surface area (TPSA) is 89.4 Å². The summed E-state index contributed by atoms with van der Waals surface area (Å²) >= 11 is 5.39. The quantitative estimate of drug-likeness (QED) is 0.638. The van der Waals surface area contributed by atoms with E-state index in [1.165, 1.54) is 0 Å². The molecule has 0 spiro atoms. The van der Waals surface area contributed by atoms with Gasteiger partial charge in [0.2, 0.25) is 0 Å². The molecule has 5 nitrogen and oxygen atoms in total. The Bertz CT molecular complexity index is 464. The first-order valence-corrected chi connectivity index (χ1v) is 4.52. The summed E-state index contributed by atoms with van der Waals surface area (Å²) in [5, 5.41) is 19.5. The molecule has 1 rings (SSSR count). The molecule has 0 amide bonds. The number of nitrogens with zero attached hydrogens (tertiary/aromatic N) is 1. The first-order chi connectivity index (χ1) is 7.66. The lowest BCUT2D eigenvalue weighted by atomic mass is 10.0. The van der Waals surface area contributed by atoms with Crippen molar-refractivity contribution in [2.75, 3.05) is 0 Å². The van der Waals surface area contributed by atoms with E-state index in [0.29, 0.717) is 0 Å². The van der Waals surface area contributed by atoms with E-state index >= 15 is 0 Å². The van der Waals surface area contributed by atoms with Gasteiger partial charge in [-0.25, -0.2) is 0 Å². The number of phenols is 1. The summed E-state index contributed by atoms with van der Waals surface area (Å²) < 4.78 is 37.2. The van der Waals surface area contributed by atoms with Crippen molar-refractivity contribution in [1.82, 2.24) is 0 Å². The van der Waals surface area contributed by atoms with Crippen molar-refractivity contribution < 1.29 is 23.2 Å². The number of hydrogen-bond acceptors (Lipinski definition) is 4. The smallest absolute Gasteiger partial charge is 0.408 e. The Balaban J connectivity index is 3.49. The molecule has 94 valence electrons. The largest absolute Gasteiger partial charge is 0.506 e. The van der Waals surface area contributed by atoms with Gasteiger partial charge in [0.25, 0.3) is 5.69 Å². The number of aromatic hydroxyl groups is 1. The number of phenolic OH excluding ortho intramolecular Hbond substituents is 1. The zero-order valence-corrected chi connectivity index (χ0v) is 8.79. The Kier molecular flexibility index (Phi) is 3.48. The number of benzene rings is 1. The van der Waals surface area contributed by atoms with Crippen LogP contribution < -0.4 is 5.73 Å². The number of nitro groups is 1. The summed E-state index contributed by atoms with van der Waals surface area (Å²) in [7, 11) is 0. The van der Waals surface area contributed by atoms with Gasteiger partial charge in [0.15, 0.2) is 0 Å². The molecule has 0 aliphatic heterocycles.